The lowest BCUT2D eigenvalue weighted by atomic mass is 10.1. The van der Waals surface area contributed by atoms with Crippen LogP contribution in [0.25, 0.3) is 0 Å². The molecule has 3 unspecified atom stereocenters. The van der Waals surface area contributed by atoms with Crippen LogP contribution in [-0.4, -0.2) is 77.0 Å². The van der Waals surface area contributed by atoms with Gasteiger partial charge in [-0.25, -0.2) is 4.79 Å². The van der Waals surface area contributed by atoms with Crippen molar-refractivity contribution in [2.45, 2.75) is 37.5 Å². The summed E-state index contributed by atoms with van der Waals surface area (Å²) in [6, 6.07) is 13.2. The Morgan fingerprint density at radius 2 is 1.84 bits per heavy atom. The highest BCUT2D eigenvalue weighted by molar-refractivity contribution is 5.68. The number of piperazine rings is 1. The molecule has 8 heteroatoms. The monoisotopic (exact) mass is 436 g/mol. The van der Waals surface area contributed by atoms with Crippen LogP contribution in [0.3, 0.4) is 0 Å². The molecule has 0 spiro atoms. The molecule has 8 nitrogen and oxygen atoms in total. The summed E-state index contributed by atoms with van der Waals surface area (Å²) in [6.45, 7) is 2.28. The maximum atomic E-state index is 12.5. The van der Waals surface area contributed by atoms with Gasteiger partial charge in [0.2, 0.25) is 0 Å². The van der Waals surface area contributed by atoms with E-state index in [-0.39, 0.29) is 24.8 Å². The van der Waals surface area contributed by atoms with Gasteiger partial charge in [-0.15, -0.1) is 0 Å². The first-order valence-corrected chi connectivity index (χ1v) is 11.0. The summed E-state index contributed by atoms with van der Waals surface area (Å²) in [6.07, 6.45) is 5.26. The van der Waals surface area contributed by atoms with E-state index in [9.17, 15) is 9.90 Å². The molecule has 2 bridgehead atoms. The van der Waals surface area contributed by atoms with Crippen molar-refractivity contribution in [3.63, 3.8) is 0 Å². The topological polar surface area (TPSA) is 98.9 Å². The molecule has 32 heavy (non-hydrogen) atoms. The molecule has 1 aromatic heterocycles. The number of carbonyl (C=O) groups is 1. The molecule has 3 heterocycles. The quantitative estimate of drug-likeness (QED) is 0.677. The van der Waals surface area contributed by atoms with Crippen molar-refractivity contribution in [3.8, 4) is 11.8 Å². The first kappa shape index (κ1) is 22.1. The molecule has 2 aromatic rings. The van der Waals surface area contributed by atoms with Crippen LogP contribution >= 0.6 is 0 Å². The number of pyridine rings is 1. The highest BCUT2D eigenvalue weighted by atomic mass is 16.6. The van der Waals surface area contributed by atoms with Crippen LogP contribution in [0.4, 0.5) is 4.79 Å². The van der Waals surface area contributed by atoms with Crippen LogP contribution in [0.15, 0.2) is 48.8 Å². The molecule has 4 rings (SSSR count). The van der Waals surface area contributed by atoms with E-state index in [1.807, 2.05) is 12.1 Å². The highest BCUT2D eigenvalue weighted by Crippen LogP contribution is 2.30. The fourth-order valence-corrected chi connectivity index (χ4v) is 4.45. The van der Waals surface area contributed by atoms with Crippen LogP contribution in [0.1, 0.15) is 24.0 Å². The van der Waals surface area contributed by atoms with E-state index < -0.39 is 6.10 Å². The van der Waals surface area contributed by atoms with E-state index in [4.69, 9.17) is 14.7 Å². The Morgan fingerprint density at radius 3 is 2.50 bits per heavy atom. The Bertz CT molecular complexity index is 917. The Hall–Kier alpha value is -3.15. The highest BCUT2D eigenvalue weighted by Gasteiger charge is 2.42. The molecule has 0 aliphatic carbocycles. The van der Waals surface area contributed by atoms with E-state index >= 15 is 0 Å². The number of amides is 1. The molecule has 2 aliphatic rings. The summed E-state index contributed by atoms with van der Waals surface area (Å²) in [4.78, 5) is 20.6. The molecule has 0 radical (unpaired) electrons. The lowest BCUT2D eigenvalue weighted by Crippen LogP contribution is -2.57. The molecule has 1 amide bonds. The third kappa shape index (κ3) is 5.55. The number of nitriles is 1. The van der Waals surface area contributed by atoms with Gasteiger partial charge in [-0.3, -0.25) is 9.88 Å². The van der Waals surface area contributed by atoms with Crippen molar-refractivity contribution in [2.24, 2.45) is 0 Å². The van der Waals surface area contributed by atoms with Crippen LogP contribution in [0.2, 0.25) is 0 Å². The summed E-state index contributed by atoms with van der Waals surface area (Å²) in [5.74, 6) is 0.630. The zero-order chi connectivity index (χ0) is 22.3. The number of hydrogen-bond acceptors (Lipinski definition) is 7. The standard InChI is InChI=1S/C24H28N4O4/c25-13-19-1-5-23(6-2-19)32-17-22(29)16-28-20-3-4-21(28)15-27(14-20)24(30)31-12-9-18-7-10-26-11-8-18/h1-2,5-8,10-11,20-22,29H,3-4,9,12,14-17H2. The van der Waals surface area contributed by atoms with Gasteiger partial charge >= 0.3 is 6.09 Å². The molecule has 2 saturated heterocycles. The fourth-order valence-electron chi connectivity index (χ4n) is 4.45. The van der Waals surface area contributed by atoms with Crippen molar-refractivity contribution in [1.82, 2.24) is 14.8 Å². The lowest BCUT2D eigenvalue weighted by Gasteiger charge is -2.41. The van der Waals surface area contributed by atoms with Crippen molar-refractivity contribution in [2.75, 3.05) is 32.8 Å². The van der Waals surface area contributed by atoms with E-state index in [0.717, 1.165) is 18.4 Å². The summed E-state index contributed by atoms with van der Waals surface area (Å²) in [5, 5.41) is 19.4. The minimum atomic E-state index is -0.632. The molecule has 2 aliphatic heterocycles. The Balaban J connectivity index is 1.21. The molecular weight excluding hydrogens is 408 g/mol. The van der Waals surface area contributed by atoms with Gasteiger partial charge < -0.3 is 19.5 Å². The number of nitrogens with zero attached hydrogens (tertiary/aromatic N) is 4. The molecular formula is C24H28N4O4. The number of benzene rings is 1. The first-order valence-electron chi connectivity index (χ1n) is 11.0. The summed E-state index contributed by atoms with van der Waals surface area (Å²) < 4.78 is 11.2. The largest absolute Gasteiger partial charge is 0.491 e. The second-order valence-corrected chi connectivity index (χ2v) is 8.31. The molecule has 3 atom stereocenters. The van der Waals surface area contributed by atoms with Crippen molar-refractivity contribution < 1.29 is 19.4 Å². The van der Waals surface area contributed by atoms with Gasteiger partial charge in [0.25, 0.3) is 0 Å². The van der Waals surface area contributed by atoms with E-state index in [2.05, 4.69) is 16.0 Å². The molecule has 1 aromatic carbocycles. The van der Waals surface area contributed by atoms with Gasteiger partial charge in [-0.2, -0.15) is 5.26 Å². The number of aliphatic hydroxyl groups is 1. The third-order valence-electron chi connectivity index (χ3n) is 6.10. The smallest absolute Gasteiger partial charge is 0.409 e. The summed E-state index contributed by atoms with van der Waals surface area (Å²) in [7, 11) is 0. The zero-order valence-electron chi connectivity index (χ0n) is 18.0. The van der Waals surface area contributed by atoms with Crippen LogP contribution in [0.5, 0.6) is 5.75 Å². The molecule has 168 valence electrons. The van der Waals surface area contributed by atoms with E-state index in [1.165, 1.54) is 0 Å². The summed E-state index contributed by atoms with van der Waals surface area (Å²) >= 11 is 0. The van der Waals surface area contributed by atoms with Gasteiger partial charge in [0, 0.05) is 50.5 Å². The minimum Gasteiger partial charge on any atom is -0.491 e. The number of fused-ring (bicyclic) bond motifs is 2. The lowest BCUT2D eigenvalue weighted by molar-refractivity contribution is 0.00862. The minimum absolute atomic E-state index is 0.183. The van der Waals surface area contributed by atoms with Crippen molar-refractivity contribution in [3.05, 3.63) is 59.9 Å². The predicted molar refractivity (Wildman–Crippen MR) is 117 cm³/mol. The number of likely N-dealkylation sites (tertiary alicyclic amines) is 1. The SMILES string of the molecule is N#Cc1ccc(OCC(O)CN2C3CCC2CN(C(=O)OCCc2ccncc2)C3)cc1. The van der Waals surface area contributed by atoms with Crippen molar-refractivity contribution in [1.29, 1.82) is 5.26 Å². The van der Waals surface area contributed by atoms with Crippen LogP contribution in [0, 0.1) is 11.3 Å². The Morgan fingerprint density at radius 1 is 1.16 bits per heavy atom. The van der Waals surface area contributed by atoms with Crippen molar-refractivity contribution >= 4 is 6.09 Å². The molecule has 1 N–H and O–H groups in total. The van der Waals surface area contributed by atoms with Gasteiger partial charge in [-0.1, -0.05) is 0 Å². The van der Waals surface area contributed by atoms with Crippen LogP contribution in [-0.2, 0) is 11.2 Å². The number of aromatic nitrogens is 1. The van der Waals surface area contributed by atoms with E-state index in [0.29, 0.717) is 44.0 Å². The Labute approximate surface area is 188 Å². The maximum Gasteiger partial charge on any atom is 0.409 e. The first-order chi connectivity index (χ1) is 15.6. The zero-order valence-corrected chi connectivity index (χ0v) is 18.0. The maximum absolute atomic E-state index is 12.5. The second kappa shape index (κ2) is 10.4. The van der Waals surface area contributed by atoms with Crippen LogP contribution < -0.4 is 4.74 Å². The number of ether oxygens (including phenoxy) is 2. The Kier molecular flexibility index (Phi) is 7.20. The number of rotatable bonds is 8. The normalized spacial score (nSPS) is 21.1. The molecule has 0 saturated carbocycles. The average molecular weight is 437 g/mol. The fraction of sp³-hybridized carbons (Fsp3) is 0.458. The summed E-state index contributed by atoms with van der Waals surface area (Å²) in [5.41, 5.74) is 1.66. The van der Waals surface area contributed by atoms with Gasteiger partial charge in [0.15, 0.2) is 0 Å². The van der Waals surface area contributed by atoms with Gasteiger partial charge in [0.05, 0.1) is 18.2 Å². The van der Waals surface area contributed by atoms with E-state index in [1.54, 1.807) is 41.6 Å². The second-order valence-electron chi connectivity index (χ2n) is 8.31. The average Bonchev–Trinajstić information content (AvgIpc) is 3.04. The third-order valence-corrected chi connectivity index (χ3v) is 6.10. The number of carbonyl (C=O) groups excluding carboxylic acids is 1. The number of hydrogen-bond donors (Lipinski definition) is 1. The number of aliphatic hydroxyl groups excluding tert-OH is 1. The van der Waals surface area contributed by atoms with Gasteiger partial charge in [0.1, 0.15) is 18.5 Å². The predicted octanol–water partition coefficient (Wildman–Crippen LogP) is 2.22. The van der Waals surface area contributed by atoms with Gasteiger partial charge in [-0.05, 0) is 54.8 Å². The molecule has 2 fully saturated rings.